The summed E-state index contributed by atoms with van der Waals surface area (Å²) in [6, 6.07) is 3.52. The maximum Gasteiger partial charge on any atom is 0.336 e. The Labute approximate surface area is 119 Å². The Balaban J connectivity index is 3.15. The van der Waals surface area contributed by atoms with Gasteiger partial charge in [-0.05, 0) is 39.1 Å². The van der Waals surface area contributed by atoms with E-state index in [-0.39, 0.29) is 11.5 Å². The number of hydrogen-bond acceptors (Lipinski definition) is 3. The summed E-state index contributed by atoms with van der Waals surface area (Å²) in [5.74, 6) is -1.30. The number of aryl methyl sites for hydroxylation is 2. The first-order valence-electron chi connectivity index (χ1n) is 6.49. The highest BCUT2D eigenvalue weighted by atomic mass is 16.4. The van der Waals surface area contributed by atoms with Crippen molar-refractivity contribution in [2.45, 2.75) is 13.8 Å². The van der Waals surface area contributed by atoms with Crippen molar-refractivity contribution in [1.82, 2.24) is 9.80 Å². The molecule has 1 rings (SSSR count). The fourth-order valence-electron chi connectivity index (χ4n) is 2.00. The molecule has 1 amide bonds. The summed E-state index contributed by atoms with van der Waals surface area (Å²) in [4.78, 5) is 27.4. The largest absolute Gasteiger partial charge is 0.478 e. The molecule has 0 heterocycles. The highest BCUT2D eigenvalue weighted by Crippen LogP contribution is 2.20. The van der Waals surface area contributed by atoms with Crippen molar-refractivity contribution in [3.8, 4) is 0 Å². The molecule has 0 spiro atoms. The predicted molar refractivity (Wildman–Crippen MR) is 78.4 cm³/mol. The zero-order valence-electron chi connectivity index (χ0n) is 12.7. The van der Waals surface area contributed by atoms with E-state index in [0.717, 1.165) is 6.54 Å². The summed E-state index contributed by atoms with van der Waals surface area (Å²) in [6.45, 7) is 4.76. The van der Waals surface area contributed by atoms with E-state index in [1.807, 2.05) is 19.0 Å². The molecule has 0 fully saturated rings. The number of hydrogen-bond donors (Lipinski definition) is 1. The zero-order valence-corrected chi connectivity index (χ0v) is 12.7. The first-order chi connectivity index (χ1) is 9.25. The predicted octanol–water partition coefficient (Wildman–Crippen LogP) is 1.64. The SMILES string of the molecule is Cc1ccc(C)c(C(=O)N(C)CCN(C)C)c1C(=O)O. The van der Waals surface area contributed by atoms with Gasteiger partial charge in [-0.2, -0.15) is 0 Å². The van der Waals surface area contributed by atoms with Gasteiger partial charge in [-0.3, -0.25) is 4.79 Å². The zero-order chi connectivity index (χ0) is 15.4. The molecule has 1 N–H and O–H groups in total. The summed E-state index contributed by atoms with van der Waals surface area (Å²) >= 11 is 0. The van der Waals surface area contributed by atoms with Crippen molar-refractivity contribution in [2.24, 2.45) is 0 Å². The van der Waals surface area contributed by atoms with E-state index in [4.69, 9.17) is 0 Å². The van der Waals surface area contributed by atoms with Crippen LogP contribution in [0.2, 0.25) is 0 Å². The van der Waals surface area contributed by atoms with Gasteiger partial charge >= 0.3 is 5.97 Å². The average Bonchev–Trinajstić information content (AvgIpc) is 2.36. The van der Waals surface area contributed by atoms with Gasteiger partial charge in [-0.15, -0.1) is 0 Å². The second kappa shape index (κ2) is 6.52. The highest BCUT2D eigenvalue weighted by molar-refractivity contribution is 6.06. The molecule has 0 bridgehead atoms. The van der Waals surface area contributed by atoms with Crippen LogP contribution in [0.5, 0.6) is 0 Å². The molecule has 0 unspecified atom stereocenters. The van der Waals surface area contributed by atoms with Crippen molar-refractivity contribution in [3.63, 3.8) is 0 Å². The van der Waals surface area contributed by atoms with Crippen LogP contribution in [0.1, 0.15) is 31.8 Å². The Morgan fingerprint density at radius 2 is 1.50 bits per heavy atom. The molecule has 0 atom stereocenters. The molecule has 5 heteroatoms. The minimum Gasteiger partial charge on any atom is -0.478 e. The Morgan fingerprint density at radius 1 is 1.00 bits per heavy atom. The number of likely N-dealkylation sites (N-methyl/N-ethyl adjacent to an activating group) is 2. The lowest BCUT2D eigenvalue weighted by molar-refractivity contribution is 0.0679. The fourth-order valence-corrected chi connectivity index (χ4v) is 2.00. The molecule has 0 saturated heterocycles. The first kappa shape index (κ1) is 16.2. The van der Waals surface area contributed by atoms with E-state index in [0.29, 0.717) is 23.2 Å². The molecule has 0 radical (unpaired) electrons. The van der Waals surface area contributed by atoms with Gasteiger partial charge < -0.3 is 14.9 Å². The number of nitrogens with zero attached hydrogens (tertiary/aromatic N) is 2. The molecular formula is C15H22N2O3. The van der Waals surface area contributed by atoms with E-state index in [1.165, 1.54) is 0 Å². The third-order valence-electron chi connectivity index (χ3n) is 3.28. The van der Waals surface area contributed by atoms with Crippen LogP contribution in [-0.2, 0) is 0 Å². The third kappa shape index (κ3) is 3.57. The van der Waals surface area contributed by atoms with Crippen LogP contribution < -0.4 is 0 Å². The van der Waals surface area contributed by atoms with Gasteiger partial charge in [-0.1, -0.05) is 12.1 Å². The van der Waals surface area contributed by atoms with E-state index in [9.17, 15) is 14.7 Å². The summed E-state index contributed by atoms with van der Waals surface area (Å²) in [5.41, 5.74) is 1.69. The second-order valence-electron chi connectivity index (χ2n) is 5.28. The van der Waals surface area contributed by atoms with Crippen molar-refractivity contribution in [3.05, 3.63) is 34.4 Å². The molecule has 20 heavy (non-hydrogen) atoms. The molecule has 110 valence electrons. The molecule has 1 aromatic rings. The maximum atomic E-state index is 12.5. The summed E-state index contributed by atoms with van der Waals surface area (Å²) in [6.07, 6.45) is 0. The average molecular weight is 278 g/mol. The minimum atomic E-state index is -1.06. The van der Waals surface area contributed by atoms with Gasteiger partial charge in [0.2, 0.25) is 0 Å². The van der Waals surface area contributed by atoms with Crippen LogP contribution in [0.15, 0.2) is 12.1 Å². The number of carboxylic acid groups (broad SMARTS) is 1. The number of aromatic carboxylic acids is 1. The summed E-state index contributed by atoms with van der Waals surface area (Å²) in [5, 5.41) is 9.34. The lowest BCUT2D eigenvalue weighted by Crippen LogP contribution is -2.34. The quantitative estimate of drug-likeness (QED) is 0.889. The van der Waals surface area contributed by atoms with E-state index in [1.54, 1.807) is 37.9 Å². The molecule has 0 aromatic heterocycles. The third-order valence-corrected chi connectivity index (χ3v) is 3.28. The topological polar surface area (TPSA) is 60.9 Å². The summed E-state index contributed by atoms with van der Waals surface area (Å²) in [7, 11) is 5.55. The monoisotopic (exact) mass is 278 g/mol. The highest BCUT2D eigenvalue weighted by Gasteiger charge is 2.23. The normalized spacial score (nSPS) is 10.7. The van der Waals surface area contributed by atoms with Crippen LogP contribution in [0.3, 0.4) is 0 Å². The smallest absolute Gasteiger partial charge is 0.336 e. The molecule has 5 nitrogen and oxygen atoms in total. The van der Waals surface area contributed by atoms with E-state index in [2.05, 4.69) is 0 Å². The van der Waals surface area contributed by atoms with Crippen LogP contribution in [-0.4, -0.2) is 61.0 Å². The van der Waals surface area contributed by atoms with Gasteiger partial charge in [-0.25, -0.2) is 4.79 Å². The molecule has 0 aliphatic heterocycles. The van der Waals surface area contributed by atoms with E-state index < -0.39 is 5.97 Å². The fraction of sp³-hybridized carbons (Fsp3) is 0.467. The standard InChI is InChI=1S/C15H22N2O3/c1-10-6-7-11(2)13(15(19)20)12(10)14(18)17(5)9-8-16(3)4/h6-7H,8-9H2,1-5H3,(H,19,20). The minimum absolute atomic E-state index is 0.103. The van der Waals surface area contributed by atoms with Crippen LogP contribution in [0.25, 0.3) is 0 Å². The van der Waals surface area contributed by atoms with Gasteiger partial charge in [0, 0.05) is 20.1 Å². The van der Waals surface area contributed by atoms with Crippen molar-refractivity contribution < 1.29 is 14.7 Å². The molecule has 0 aliphatic rings. The van der Waals surface area contributed by atoms with Gasteiger partial charge in [0.05, 0.1) is 11.1 Å². The van der Waals surface area contributed by atoms with Crippen molar-refractivity contribution >= 4 is 11.9 Å². The van der Waals surface area contributed by atoms with Crippen LogP contribution in [0.4, 0.5) is 0 Å². The Hall–Kier alpha value is -1.88. The molecule has 0 saturated carbocycles. The van der Waals surface area contributed by atoms with Crippen molar-refractivity contribution in [1.29, 1.82) is 0 Å². The maximum absolute atomic E-state index is 12.5. The number of carboxylic acids is 1. The van der Waals surface area contributed by atoms with Gasteiger partial charge in [0.1, 0.15) is 0 Å². The van der Waals surface area contributed by atoms with E-state index >= 15 is 0 Å². The first-order valence-corrected chi connectivity index (χ1v) is 6.49. The number of rotatable bonds is 5. The Kier molecular flexibility index (Phi) is 5.27. The summed E-state index contributed by atoms with van der Waals surface area (Å²) < 4.78 is 0. The van der Waals surface area contributed by atoms with Gasteiger partial charge in [0.25, 0.3) is 5.91 Å². The molecule has 1 aromatic carbocycles. The Bertz CT molecular complexity index is 524. The second-order valence-corrected chi connectivity index (χ2v) is 5.28. The van der Waals surface area contributed by atoms with Gasteiger partial charge in [0.15, 0.2) is 0 Å². The number of carbonyl (C=O) groups is 2. The number of benzene rings is 1. The lowest BCUT2D eigenvalue weighted by atomic mass is 9.96. The van der Waals surface area contributed by atoms with Crippen LogP contribution in [0, 0.1) is 13.8 Å². The number of carbonyl (C=O) groups excluding carboxylic acids is 1. The molecular weight excluding hydrogens is 256 g/mol. The lowest BCUT2D eigenvalue weighted by Gasteiger charge is -2.22. The van der Waals surface area contributed by atoms with Crippen molar-refractivity contribution in [2.75, 3.05) is 34.2 Å². The molecule has 0 aliphatic carbocycles. The number of amides is 1. The Morgan fingerprint density at radius 3 is 1.95 bits per heavy atom. The van der Waals surface area contributed by atoms with Crippen LogP contribution >= 0.6 is 0 Å².